The van der Waals surface area contributed by atoms with Gasteiger partial charge in [0.05, 0.1) is 23.6 Å². The van der Waals surface area contributed by atoms with Crippen molar-refractivity contribution in [3.05, 3.63) is 54.2 Å². The Bertz CT molecular complexity index is 1060. The highest BCUT2D eigenvalue weighted by molar-refractivity contribution is 6.08. The molecule has 120 valence electrons. The number of imidazole rings is 1. The van der Waals surface area contributed by atoms with Crippen LogP contribution < -0.4 is 5.32 Å². The monoisotopic (exact) mass is 320 g/mol. The van der Waals surface area contributed by atoms with Gasteiger partial charge in [0.25, 0.3) is 5.91 Å². The van der Waals surface area contributed by atoms with E-state index in [1.807, 2.05) is 31.3 Å². The summed E-state index contributed by atoms with van der Waals surface area (Å²) in [5.74, 6) is -0.240. The van der Waals surface area contributed by atoms with Crippen molar-refractivity contribution >= 4 is 28.3 Å². The number of nitrogens with zero attached hydrogens (tertiary/aromatic N) is 5. The molecule has 0 spiro atoms. The predicted octanol–water partition coefficient (Wildman–Crippen LogP) is 2.66. The third-order valence-corrected chi connectivity index (χ3v) is 3.95. The zero-order chi connectivity index (χ0) is 16.7. The van der Waals surface area contributed by atoms with Crippen LogP contribution in [0.2, 0.25) is 0 Å². The molecule has 0 saturated heterocycles. The van der Waals surface area contributed by atoms with Gasteiger partial charge in [-0.1, -0.05) is 0 Å². The minimum atomic E-state index is -0.240. The minimum Gasteiger partial charge on any atom is -0.331 e. The third-order valence-electron chi connectivity index (χ3n) is 3.95. The van der Waals surface area contributed by atoms with Gasteiger partial charge in [-0.25, -0.2) is 14.5 Å². The maximum absolute atomic E-state index is 12.5. The van der Waals surface area contributed by atoms with Crippen LogP contribution in [0, 0.1) is 6.92 Å². The number of benzene rings is 1. The summed E-state index contributed by atoms with van der Waals surface area (Å²) in [7, 11) is 0. The Morgan fingerprint density at radius 1 is 1.25 bits per heavy atom. The summed E-state index contributed by atoms with van der Waals surface area (Å²) in [5, 5.41) is 7.07. The number of nitrogens with one attached hydrogen (secondary N) is 1. The van der Waals surface area contributed by atoms with E-state index in [1.54, 1.807) is 17.0 Å². The number of fused-ring (bicyclic) bond motifs is 2. The van der Waals surface area contributed by atoms with Gasteiger partial charge in [-0.2, -0.15) is 5.10 Å². The van der Waals surface area contributed by atoms with Gasteiger partial charge in [-0.05, 0) is 37.6 Å². The third kappa shape index (κ3) is 2.30. The fraction of sp³-hybridized carbons (Fsp3) is 0.176. The van der Waals surface area contributed by atoms with Crippen LogP contribution in [0.5, 0.6) is 0 Å². The summed E-state index contributed by atoms with van der Waals surface area (Å²) in [6, 6.07) is 5.69. The highest BCUT2D eigenvalue weighted by atomic mass is 16.1. The molecule has 3 aromatic heterocycles. The second kappa shape index (κ2) is 5.45. The lowest BCUT2D eigenvalue weighted by atomic mass is 10.2. The molecule has 0 atom stereocenters. The second-order valence-electron chi connectivity index (χ2n) is 5.65. The Morgan fingerprint density at radius 2 is 2.12 bits per heavy atom. The largest absolute Gasteiger partial charge is 0.331 e. The molecule has 0 fully saturated rings. The molecule has 0 unspecified atom stereocenters. The quantitative estimate of drug-likeness (QED) is 0.629. The fourth-order valence-corrected chi connectivity index (χ4v) is 2.72. The molecule has 4 rings (SSSR count). The lowest BCUT2D eigenvalue weighted by Crippen LogP contribution is -2.12. The number of aromatic nitrogens is 5. The van der Waals surface area contributed by atoms with E-state index in [4.69, 9.17) is 0 Å². The van der Waals surface area contributed by atoms with Crippen molar-refractivity contribution in [1.82, 2.24) is 24.1 Å². The number of rotatable bonds is 3. The van der Waals surface area contributed by atoms with Crippen molar-refractivity contribution in [2.45, 2.75) is 20.4 Å². The molecule has 0 radical (unpaired) electrons. The number of carbonyl (C=O) groups excluding carboxylic acids is 1. The van der Waals surface area contributed by atoms with E-state index in [2.05, 4.69) is 31.9 Å². The van der Waals surface area contributed by atoms with Crippen LogP contribution in [0.4, 0.5) is 5.69 Å². The molecule has 7 heteroatoms. The Kier molecular flexibility index (Phi) is 3.26. The maximum atomic E-state index is 12.5. The first-order valence-corrected chi connectivity index (χ1v) is 7.72. The summed E-state index contributed by atoms with van der Waals surface area (Å²) in [6.45, 7) is 4.85. The van der Waals surface area contributed by atoms with Crippen molar-refractivity contribution in [3.63, 3.8) is 0 Å². The SMILES string of the molecule is CCn1cnc2cc(NC(=O)c3cnn4cc(C)cnc34)ccc21. The second-order valence-corrected chi connectivity index (χ2v) is 5.65. The molecule has 4 aromatic rings. The first-order chi connectivity index (χ1) is 11.7. The van der Waals surface area contributed by atoms with Crippen LogP contribution in [0.1, 0.15) is 22.8 Å². The number of hydrogen-bond acceptors (Lipinski definition) is 4. The fourth-order valence-electron chi connectivity index (χ4n) is 2.72. The molecule has 0 aliphatic carbocycles. The number of hydrogen-bond donors (Lipinski definition) is 1. The van der Waals surface area contributed by atoms with Crippen molar-refractivity contribution < 1.29 is 4.79 Å². The molecular weight excluding hydrogens is 304 g/mol. The maximum Gasteiger partial charge on any atom is 0.261 e. The molecular formula is C17H16N6O. The van der Waals surface area contributed by atoms with Crippen LogP contribution in [0.15, 0.2) is 43.1 Å². The van der Waals surface area contributed by atoms with Crippen molar-refractivity contribution in [3.8, 4) is 0 Å². The molecule has 1 N–H and O–H groups in total. The number of amides is 1. The smallest absolute Gasteiger partial charge is 0.261 e. The number of anilines is 1. The summed E-state index contributed by atoms with van der Waals surface area (Å²) in [4.78, 5) is 21.2. The Morgan fingerprint density at radius 3 is 2.96 bits per heavy atom. The molecule has 1 amide bonds. The highest BCUT2D eigenvalue weighted by Gasteiger charge is 2.14. The standard InChI is InChI=1S/C17H16N6O/c1-3-22-10-19-14-6-12(4-5-15(14)22)21-17(24)13-8-20-23-9-11(2)7-18-16(13)23/h4-10H,3H2,1-2H3,(H,21,24). The predicted molar refractivity (Wildman–Crippen MR) is 91.1 cm³/mol. The molecule has 3 heterocycles. The van der Waals surface area contributed by atoms with Gasteiger partial charge in [0.1, 0.15) is 5.56 Å². The van der Waals surface area contributed by atoms with Crippen LogP contribution in [-0.4, -0.2) is 30.1 Å². The Balaban J connectivity index is 1.65. The molecule has 0 aliphatic rings. The average Bonchev–Trinajstić information content (AvgIpc) is 3.17. The van der Waals surface area contributed by atoms with E-state index >= 15 is 0 Å². The summed E-state index contributed by atoms with van der Waals surface area (Å²) < 4.78 is 3.66. The topological polar surface area (TPSA) is 77.1 Å². The van der Waals surface area contributed by atoms with Gasteiger partial charge in [0.15, 0.2) is 5.65 Å². The average molecular weight is 320 g/mol. The molecule has 0 saturated carbocycles. The minimum absolute atomic E-state index is 0.240. The van der Waals surface area contributed by atoms with E-state index < -0.39 is 0 Å². The van der Waals surface area contributed by atoms with E-state index in [1.165, 1.54) is 6.20 Å². The molecule has 24 heavy (non-hydrogen) atoms. The molecule has 0 bridgehead atoms. The van der Waals surface area contributed by atoms with E-state index in [0.29, 0.717) is 16.9 Å². The van der Waals surface area contributed by atoms with Gasteiger partial charge in [0.2, 0.25) is 0 Å². The molecule has 1 aromatic carbocycles. The lowest BCUT2D eigenvalue weighted by Gasteiger charge is -2.05. The number of aryl methyl sites for hydroxylation is 2. The van der Waals surface area contributed by atoms with Crippen LogP contribution in [0.3, 0.4) is 0 Å². The van der Waals surface area contributed by atoms with E-state index in [-0.39, 0.29) is 5.91 Å². The molecule has 0 aliphatic heterocycles. The van der Waals surface area contributed by atoms with Crippen LogP contribution in [-0.2, 0) is 6.54 Å². The molecule has 7 nitrogen and oxygen atoms in total. The van der Waals surface area contributed by atoms with Crippen molar-refractivity contribution in [2.24, 2.45) is 0 Å². The Labute approximate surface area is 138 Å². The first kappa shape index (κ1) is 14.4. The van der Waals surface area contributed by atoms with Crippen LogP contribution >= 0.6 is 0 Å². The van der Waals surface area contributed by atoms with E-state index in [0.717, 1.165) is 23.1 Å². The van der Waals surface area contributed by atoms with Gasteiger partial charge < -0.3 is 9.88 Å². The summed E-state index contributed by atoms with van der Waals surface area (Å²) in [5.41, 5.74) is 4.55. The van der Waals surface area contributed by atoms with Crippen LogP contribution in [0.25, 0.3) is 16.7 Å². The zero-order valence-corrected chi connectivity index (χ0v) is 13.4. The normalized spacial score (nSPS) is 11.2. The van der Waals surface area contributed by atoms with E-state index in [9.17, 15) is 4.79 Å². The Hall–Kier alpha value is -3.22. The van der Waals surface area contributed by atoms with Gasteiger partial charge in [-0.15, -0.1) is 0 Å². The van der Waals surface area contributed by atoms with Gasteiger partial charge in [0, 0.05) is 24.6 Å². The zero-order valence-electron chi connectivity index (χ0n) is 13.4. The van der Waals surface area contributed by atoms with Gasteiger partial charge >= 0.3 is 0 Å². The van der Waals surface area contributed by atoms with Crippen molar-refractivity contribution in [1.29, 1.82) is 0 Å². The van der Waals surface area contributed by atoms with Gasteiger partial charge in [-0.3, -0.25) is 4.79 Å². The van der Waals surface area contributed by atoms with Crippen molar-refractivity contribution in [2.75, 3.05) is 5.32 Å². The number of carbonyl (C=O) groups is 1. The first-order valence-electron chi connectivity index (χ1n) is 7.72. The summed E-state index contributed by atoms with van der Waals surface area (Å²) >= 11 is 0. The lowest BCUT2D eigenvalue weighted by molar-refractivity contribution is 0.102. The summed E-state index contributed by atoms with van der Waals surface area (Å²) in [6.07, 6.45) is 6.88. The highest BCUT2D eigenvalue weighted by Crippen LogP contribution is 2.19.